The summed E-state index contributed by atoms with van der Waals surface area (Å²) < 4.78 is 24.4. The van der Waals surface area contributed by atoms with Gasteiger partial charge in [0.15, 0.2) is 0 Å². The maximum Gasteiger partial charge on any atom is 0.213 e. The lowest BCUT2D eigenvalue weighted by Gasteiger charge is -2.28. The molecule has 0 N–H and O–H groups in total. The van der Waals surface area contributed by atoms with E-state index < -0.39 is 10.0 Å². The fraction of sp³-hybridized carbons (Fsp3) is 1.00. The molecule has 92 valence electrons. The number of nitrogens with zero attached hydrogens (tertiary/aromatic N) is 1. The maximum absolute atomic E-state index is 11.4. The van der Waals surface area contributed by atoms with Crippen LogP contribution < -0.4 is 0 Å². The monoisotopic (exact) mass is 235 g/mol. The zero-order valence-electron chi connectivity index (χ0n) is 10.5. The average Bonchev–Trinajstić information content (AvgIpc) is 2.20. The van der Waals surface area contributed by atoms with Crippen molar-refractivity contribution >= 4 is 10.0 Å². The molecule has 1 heterocycles. The van der Waals surface area contributed by atoms with Crippen molar-refractivity contribution < 1.29 is 8.42 Å². The molecule has 1 saturated heterocycles. The maximum atomic E-state index is 11.4. The van der Waals surface area contributed by atoms with Gasteiger partial charge in [0.05, 0.1) is 5.75 Å². The van der Waals surface area contributed by atoms with Gasteiger partial charge in [0.25, 0.3) is 0 Å². The van der Waals surface area contributed by atoms with Gasteiger partial charge in [0, 0.05) is 13.1 Å². The molecule has 3 nitrogen and oxygen atoms in total. The van der Waals surface area contributed by atoms with Crippen LogP contribution in [-0.2, 0) is 10.0 Å². The Bertz CT molecular complexity index is 241. The predicted octanol–water partition coefficient (Wildman–Crippen LogP) is 2.48. The van der Waals surface area contributed by atoms with Gasteiger partial charge in [-0.1, -0.05) is 27.2 Å². The van der Waals surface area contributed by atoms with E-state index in [1.54, 1.807) is 11.2 Å². The molecule has 4 heteroatoms. The molecule has 0 aromatic heterocycles. The molecule has 0 amide bonds. The van der Waals surface area contributed by atoms with Crippen LogP contribution in [0, 0.1) is 5.92 Å². The molecular formula is C11H25NO2S. The van der Waals surface area contributed by atoms with Crippen molar-refractivity contribution in [3.63, 3.8) is 0 Å². The Balaban J connectivity index is 0.000000583. The van der Waals surface area contributed by atoms with Crippen LogP contribution in [0.25, 0.3) is 0 Å². The minimum Gasteiger partial charge on any atom is -0.212 e. The van der Waals surface area contributed by atoms with E-state index in [0.717, 1.165) is 25.9 Å². The smallest absolute Gasteiger partial charge is 0.212 e. The van der Waals surface area contributed by atoms with Crippen molar-refractivity contribution in [2.45, 2.75) is 47.0 Å². The minimum absolute atomic E-state index is 0.237. The molecule has 0 aromatic rings. The summed E-state index contributed by atoms with van der Waals surface area (Å²) in [6, 6.07) is 0. The normalized spacial score (nSPS) is 19.5. The summed E-state index contributed by atoms with van der Waals surface area (Å²) in [5.41, 5.74) is 0. The molecular weight excluding hydrogens is 210 g/mol. The summed E-state index contributed by atoms with van der Waals surface area (Å²) in [4.78, 5) is 0. The van der Waals surface area contributed by atoms with Crippen molar-refractivity contribution in [3.8, 4) is 0 Å². The van der Waals surface area contributed by atoms with Crippen LogP contribution in [0.2, 0.25) is 0 Å². The molecule has 1 aliphatic rings. The van der Waals surface area contributed by atoms with Gasteiger partial charge in [-0.15, -0.1) is 0 Å². The first-order chi connectivity index (χ1) is 6.97. The molecule has 0 aromatic carbocycles. The van der Waals surface area contributed by atoms with Crippen molar-refractivity contribution in [1.82, 2.24) is 4.31 Å². The second kappa shape index (κ2) is 7.23. The second-order valence-electron chi connectivity index (χ2n) is 4.19. The van der Waals surface area contributed by atoms with Crippen LogP contribution in [0.5, 0.6) is 0 Å². The van der Waals surface area contributed by atoms with E-state index in [2.05, 4.69) is 20.8 Å². The van der Waals surface area contributed by atoms with E-state index in [-0.39, 0.29) is 5.75 Å². The van der Waals surface area contributed by atoms with Crippen LogP contribution in [0.15, 0.2) is 0 Å². The number of hydrogen-bond acceptors (Lipinski definition) is 2. The lowest BCUT2D eigenvalue weighted by atomic mass is 10.0. The largest absolute Gasteiger partial charge is 0.213 e. The van der Waals surface area contributed by atoms with E-state index >= 15 is 0 Å². The van der Waals surface area contributed by atoms with Crippen molar-refractivity contribution in [3.05, 3.63) is 0 Å². The van der Waals surface area contributed by atoms with E-state index in [9.17, 15) is 8.42 Å². The molecule has 0 radical (unpaired) electrons. The van der Waals surface area contributed by atoms with Gasteiger partial charge in [0.2, 0.25) is 10.0 Å². The molecule has 1 aliphatic heterocycles. The van der Waals surface area contributed by atoms with Crippen LogP contribution in [0.3, 0.4) is 0 Å². The molecule has 15 heavy (non-hydrogen) atoms. The third kappa shape index (κ3) is 5.52. The highest BCUT2D eigenvalue weighted by atomic mass is 32.2. The van der Waals surface area contributed by atoms with E-state index in [0.29, 0.717) is 5.92 Å². The number of sulfonamides is 1. The van der Waals surface area contributed by atoms with E-state index in [4.69, 9.17) is 0 Å². The van der Waals surface area contributed by atoms with Gasteiger partial charge in [-0.3, -0.25) is 0 Å². The first-order valence-electron chi connectivity index (χ1n) is 5.95. The van der Waals surface area contributed by atoms with Crippen LogP contribution >= 0.6 is 0 Å². The second-order valence-corrected chi connectivity index (χ2v) is 6.45. The third-order valence-corrected chi connectivity index (χ3v) is 4.38. The lowest BCUT2D eigenvalue weighted by Crippen LogP contribution is -2.38. The first-order valence-corrected chi connectivity index (χ1v) is 7.56. The van der Waals surface area contributed by atoms with Gasteiger partial charge < -0.3 is 0 Å². The van der Waals surface area contributed by atoms with Gasteiger partial charge in [0.1, 0.15) is 0 Å². The van der Waals surface area contributed by atoms with Crippen molar-refractivity contribution in [1.29, 1.82) is 0 Å². The Morgan fingerprint density at radius 1 is 1.13 bits per heavy atom. The number of piperidine rings is 1. The minimum atomic E-state index is -2.91. The average molecular weight is 235 g/mol. The first kappa shape index (κ1) is 14.9. The quantitative estimate of drug-likeness (QED) is 0.737. The predicted molar refractivity (Wildman–Crippen MR) is 65.4 cm³/mol. The summed E-state index contributed by atoms with van der Waals surface area (Å²) in [5.74, 6) is 0.926. The highest BCUT2D eigenvalue weighted by Gasteiger charge is 2.24. The Kier molecular flexibility index (Phi) is 7.18. The third-order valence-electron chi connectivity index (χ3n) is 2.50. The standard InChI is InChI=1S/C8H17NO2S.C3H8/c1-3-12(10,11)9-6-4-8(2)5-7-9;1-3-2/h8H,3-7H2,1-2H3;3H2,1-2H3. The Morgan fingerprint density at radius 3 is 1.87 bits per heavy atom. The molecule has 1 rings (SSSR count). The summed E-state index contributed by atoms with van der Waals surface area (Å²) in [6.07, 6.45) is 3.28. The summed E-state index contributed by atoms with van der Waals surface area (Å²) >= 11 is 0. The van der Waals surface area contributed by atoms with Gasteiger partial charge in [-0.2, -0.15) is 0 Å². The Morgan fingerprint density at radius 2 is 1.53 bits per heavy atom. The molecule has 0 saturated carbocycles. The molecule has 1 fully saturated rings. The fourth-order valence-electron chi connectivity index (χ4n) is 1.45. The molecule has 0 spiro atoms. The highest BCUT2D eigenvalue weighted by Crippen LogP contribution is 2.18. The number of hydrogen-bond donors (Lipinski definition) is 0. The number of rotatable bonds is 2. The van der Waals surface area contributed by atoms with E-state index in [1.165, 1.54) is 6.42 Å². The molecule has 0 aliphatic carbocycles. The van der Waals surface area contributed by atoms with E-state index in [1.807, 2.05) is 0 Å². The Labute approximate surface area is 94.9 Å². The van der Waals surface area contributed by atoms with Crippen LogP contribution in [0.1, 0.15) is 47.0 Å². The van der Waals surface area contributed by atoms with Crippen LogP contribution in [-0.4, -0.2) is 31.6 Å². The van der Waals surface area contributed by atoms with Crippen molar-refractivity contribution in [2.75, 3.05) is 18.8 Å². The summed E-state index contributed by atoms with van der Waals surface area (Å²) in [5, 5.41) is 0. The highest BCUT2D eigenvalue weighted by molar-refractivity contribution is 7.89. The zero-order valence-corrected chi connectivity index (χ0v) is 11.3. The fourth-order valence-corrected chi connectivity index (χ4v) is 2.58. The lowest BCUT2D eigenvalue weighted by molar-refractivity contribution is 0.288. The SMILES string of the molecule is CCC.CCS(=O)(=O)N1CCC(C)CC1. The van der Waals surface area contributed by atoms with Gasteiger partial charge in [-0.25, -0.2) is 12.7 Å². The molecule has 0 atom stereocenters. The summed E-state index contributed by atoms with van der Waals surface area (Å²) in [6.45, 7) is 9.57. The van der Waals surface area contributed by atoms with Crippen molar-refractivity contribution in [2.24, 2.45) is 5.92 Å². The van der Waals surface area contributed by atoms with Crippen LogP contribution in [0.4, 0.5) is 0 Å². The molecule has 0 unspecified atom stereocenters. The zero-order chi connectivity index (χ0) is 11.9. The topological polar surface area (TPSA) is 37.4 Å². The summed E-state index contributed by atoms with van der Waals surface area (Å²) in [7, 11) is -2.91. The van der Waals surface area contributed by atoms with Gasteiger partial charge >= 0.3 is 0 Å². The van der Waals surface area contributed by atoms with Gasteiger partial charge in [-0.05, 0) is 25.7 Å². The Hall–Kier alpha value is -0.0900. The molecule has 0 bridgehead atoms.